The maximum atomic E-state index is 11.3. The first-order chi connectivity index (χ1) is 8.15. The highest BCUT2D eigenvalue weighted by Crippen LogP contribution is 2.09. The van der Waals surface area contributed by atoms with E-state index in [1.807, 2.05) is 0 Å². The van der Waals surface area contributed by atoms with Gasteiger partial charge in [-0.05, 0) is 0 Å². The summed E-state index contributed by atoms with van der Waals surface area (Å²) in [5, 5.41) is 4.01. The highest BCUT2D eigenvalue weighted by atomic mass is 16.5. The van der Waals surface area contributed by atoms with Crippen molar-refractivity contribution in [3.63, 3.8) is 0 Å². The number of nitrogens with zero attached hydrogens (tertiary/aromatic N) is 3. The van der Waals surface area contributed by atoms with E-state index in [0.717, 1.165) is 0 Å². The van der Waals surface area contributed by atoms with E-state index < -0.39 is 5.97 Å². The predicted molar refractivity (Wildman–Crippen MR) is 56.5 cm³/mol. The van der Waals surface area contributed by atoms with Crippen LogP contribution < -0.4 is 0 Å². The number of carbonyl (C=O) groups is 2. The second-order valence-electron chi connectivity index (χ2n) is 3.33. The Kier molecular flexibility index (Phi) is 2.82. The zero-order valence-corrected chi connectivity index (χ0v) is 9.41. The number of methoxy groups -OCH3 is 2. The molecule has 2 aromatic heterocycles. The molecule has 17 heavy (non-hydrogen) atoms. The van der Waals surface area contributed by atoms with E-state index in [0.29, 0.717) is 5.65 Å². The largest absolute Gasteiger partial charge is 0.468 e. The van der Waals surface area contributed by atoms with Crippen LogP contribution in [-0.2, 0) is 20.8 Å². The number of hydrogen-bond acceptors (Lipinski definition) is 5. The molecule has 2 heterocycles. The molecule has 0 radical (unpaired) electrons. The van der Waals surface area contributed by atoms with Crippen molar-refractivity contribution in [2.24, 2.45) is 0 Å². The molecular weight excluding hydrogens is 226 g/mol. The summed E-state index contributed by atoms with van der Waals surface area (Å²) in [5.74, 6) is -0.887. The standard InChI is InChI=1S/C10H11N3O4/c1-16-9(14)6-12-3-4-13-8(12)5-7(11-13)10(15)17-2/h3-5H,6H2,1-2H3. The van der Waals surface area contributed by atoms with E-state index in [4.69, 9.17) is 0 Å². The van der Waals surface area contributed by atoms with Crippen LogP contribution in [0.1, 0.15) is 10.5 Å². The van der Waals surface area contributed by atoms with Crippen LogP contribution in [0.3, 0.4) is 0 Å². The van der Waals surface area contributed by atoms with Crippen LogP contribution >= 0.6 is 0 Å². The van der Waals surface area contributed by atoms with Crippen molar-refractivity contribution in [2.45, 2.75) is 6.54 Å². The molecule has 0 N–H and O–H groups in total. The Morgan fingerprint density at radius 1 is 1.29 bits per heavy atom. The molecule has 0 aliphatic rings. The number of hydrogen-bond donors (Lipinski definition) is 0. The van der Waals surface area contributed by atoms with Gasteiger partial charge in [0, 0.05) is 18.5 Å². The van der Waals surface area contributed by atoms with Crippen molar-refractivity contribution in [2.75, 3.05) is 14.2 Å². The summed E-state index contributed by atoms with van der Waals surface area (Å²) in [6.45, 7) is 0.0688. The molecule has 7 heteroatoms. The minimum Gasteiger partial charge on any atom is -0.468 e. The SMILES string of the molecule is COC(=O)Cn1ccn2nc(C(=O)OC)cc12. The highest BCUT2D eigenvalue weighted by Gasteiger charge is 2.14. The zero-order valence-electron chi connectivity index (χ0n) is 9.41. The van der Waals surface area contributed by atoms with Gasteiger partial charge < -0.3 is 14.0 Å². The molecule has 0 aliphatic carbocycles. The van der Waals surface area contributed by atoms with Crippen LogP contribution in [0.4, 0.5) is 0 Å². The van der Waals surface area contributed by atoms with E-state index in [1.165, 1.54) is 18.7 Å². The first-order valence-electron chi connectivity index (χ1n) is 4.85. The van der Waals surface area contributed by atoms with Crippen molar-refractivity contribution in [3.8, 4) is 0 Å². The average Bonchev–Trinajstić information content (AvgIpc) is 2.90. The molecule has 2 aromatic rings. The lowest BCUT2D eigenvalue weighted by Crippen LogP contribution is -2.10. The number of carbonyl (C=O) groups excluding carboxylic acids is 2. The Bertz CT molecular complexity index is 569. The first kappa shape index (κ1) is 11.2. The maximum Gasteiger partial charge on any atom is 0.358 e. The fourth-order valence-corrected chi connectivity index (χ4v) is 1.47. The lowest BCUT2D eigenvalue weighted by atomic mass is 10.4. The van der Waals surface area contributed by atoms with Crippen LogP contribution in [-0.4, -0.2) is 40.3 Å². The third-order valence-electron chi connectivity index (χ3n) is 2.32. The first-order valence-corrected chi connectivity index (χ1v) is 4.85. The third-order valence-corrected chi connectivity index (χ3v) is 2.32. The van der Waals surface area contributed by atoms with Crippen molar-refractivity contribution in [1.29, 1.82) is 0 Å². The summed E-state index contributed by atoms with van der Waals surface area (Å²) in [7, 11) is 2.61. The number of imidazole rings is 1. The Labute approximate surface area is 96.5 Å². The predicted octanol–water partition coefficient (Wildman–Crippen LogP) is 0.0954. The Balaban J connectivity index is 2.35. The molecule has 0 unspecified atom stereocenters. The van der Waals surface area contributed by atoms with Gasteiger partial charge in [-0.15, -0.1) is 0 Å². The fourth-order valence-electron chi connectivity index (χ4n) is 1.47. The monoisotopic (exact) mass is 237 g/mol. The summed E-state index contributed by atoms with van der Waals surface area (Å²) in [6.07, 6.45) is 3.32. The molecule has 0 saturated heterocycles. The van der Waals surface area contributed by atoms with Gasteiger partial charge >= 0.3 is 11.9 Å². The fraction of sp³-hybridized carbons (Fsp3) is 0.300. The lowest BCUT2D eigenvalue weighted by Gasteiger charge is -2.00. The second kappa shape index (κ2) is 4.28. The topological polar surface area (TPSA) is 74.8 Å². The summed E-state index contributed by atoms with van der Waals surface area (Å²) >= 11 is 0. The summed E-state index contributed by atoms with van der Waals surface area (Å²) in [6, 6.07) is 1.55. The van der Waals surface area contributed by atoms with Crippen molar-refractivity contribution < 1.29 is 19.1 Å². The van der Waals surface area contributed by atoms with Gasteiger partial charge in [0.2, 0.25) is 0 Å². The van der Waals surface area contributed by atoms with Gasteiger partial charge in [0.05, 0.1) is 14.2 Å². The smallest absolute Gasteiger partial charge is 0.358 e. The molecule has 0 amide bonds. The number of rotatable bonds is 3. The lowest BCUT2D eigenvalue weighted by molar-refractivity contribution is -0.141. The zero-order chi connectivity index (χ0) is 12.4. The normalized spacial score (nSPS) is 10.5. The van der Waals surface area contributed by atoms with Crippen LogP contribution in [0.25, 0.3) is 5.65 Å². The quantitative estimate of drug-likeness (QED) is 0.707. The second-order valence-corrected chi connectivity index (χ2v) is 3.33. The van der Waals surface area contributed by atoms with Gasteiger partial charge in [0.1, 0.15) is 12.2 Å². The molecule has 0 saturated carbocycles. The number of ether oxygens (including phenoxy) is 2. The van der Waals surface area contributed by atoms with E-state index >= 15 is 0 Å². The van der Waals surface area contributed by atoms with Gasteiger partial charge in [0.25, 0.3) is 0 Å². The van der Waals surface area contributed by atoms with Crippen LogP contribution in [0.15, 0.2) is 18.5 Å². The summed E-state index contributed by atoms with van der Waals surface area (Å²) < 4.78 is 12.3. The van der Waals surface area contributed by atoms with E-state index in [1.54, 1.807) is 23.0 Å². The van der Waals surface area contributed by atoms with Crippen molar-refractivity contribution >= 4 is 17.6 Å². The van der Waals surface area contributed by atoms with Crippen molar-refractivity contribution in [3.05, 3.63) is 24.2 Å². The molecule has 0 aliphatic heterocycles. The Morgan fingerprint density at radius 3 is 2.71 bits per heavy atom. The Morgan fingerprint density at radius 2 is 2.06 bits per heavy atom. The Hall–Kier alpha value is -2.31. The molecule has 7 nitrogen and oxygen atoms in total. The van der Waals surface area contributed by atoms with Crippen LogP contribution in [0.5, 0.6) is 0 Å². The van der Waals surface area contributed by atoms with E-state index in [9.17, 15) is 9.59 Å². The minimum absolute atomic E-state index is 0.0688. The molecule has 90 valence electrons. The highest BCUT2D eigenvalue weighted by molar-refractivity contribution is 5.88. The van der Waals surface area contributed by atoms with Crippen LogP contribution in [0.2, 0.25) is 0 Å². The van der Waals surface area contributed by atoms with Gasteiger partial charge in [-0.2, -0.15) is 5.10 Å². The minimum atomic E-state index is -0.515. The van der Waals surface area contributed by atoms with Gasteiger partial charge in [0.15, 0.2) is 5.69 Å². The molecule has 0 bridgehead atoms. The molecule has 0 spiro atoms. The third kappa shape index (κ3) is 1.99. The molecule has 0 atom stereocenters. The van der Waals surface area contributed by atoms with Gasteiger partial charge in [-0.1, -0.05) is 0 Å². The van der Waals surface area contributed by atoms with Gasteiger partial charge in [-0.25, -0.2) is 9.31 Å². The summed E-state index contributed by atoms with van der Waals surface area (Å²) in [5.41, 5.74) is 0.817. The van der Waals surface area contributed by atoms with E-state index in [2.05, 4.69) is 14.6 Å². The molecule has 0 fully saturated rings. The van der Waals surface area contributed by atoms with Crippen molar-refractivity contribution in [1.82, 2.24) is 14.2 Å². The number of fused-ring (bicyclic) bond motifs is 1. The molecular formula is C10H11N3O4. The molecule has 0 aromatic carbocycles. The van der Waals surface area contributed by atoms with Crippen LogP contribution in [0, 0.1) is 0 Å². The summed E-state index contributed by atoms with van der Waals surface area (Å²) in [4.78, 5) is 22.4. The maximum absolute atomic E-state index is 11.3. The van der Waals surface area contributed by atoms with E-state index in [-0.39, 0.29) is 18.2 Å². The van der Waals surface area contributed by atoms with Gasteiger partial charge in [-0.3, -0.25) is 4.79 Å². The molecule has 2 rings (SSSR count). The number of esters is 2. The number of aromatic nitrogens is 3. The average molecular weight is 237 g/mol.